The van der Waals surface area contributed by atoms with Crippen LogP contribution in [0.25, 0.3) is 0 Å². The standard InChI is InChI=1S/C20H27N5O/c26-20(25-14-17-5-11-22-12-6-17)19(18-2-1-8-23-15-18)24-13-7-16-3-9-21-10-4-16/h1-2,5-6,8,11-12,15-16,19,21,24H,3-4,7,9-10,13-14H2,(H,25,26). The van der Waals surface area contributed by atoms with E-state index >= 15 is 0 Å². The Balaban J connectivity index is 1.56. The smallest absolute Gasteiger partial charge is 0.242 e. The number of pyridine rings is 2. The molecule has 6 nitrogen and oxygen atoms in total. The van der Waals surface area contributed by atoms with Gasteiger partial charge in [0.1, 0.15) is 6.04 Å². The average molecular weight is 353 g/mol. The maximum atomic E-state index is 12.8. The van der Waals surface area contributed by atoms with Crippen LogP contribution in [0.3, 0.4) is 0 Å². The molecular weight excluding hydrogens is 326 g/mol. The molecule has 1 atom stereocenters. The lowest BCUT2D eigenvalue weighted by Crippen LogP contribution is -2.38. The molecule has 1 aliphatic rings. The summed E-state index contributed by atoms with van der Waals surface area (Å²) in [6.07, 6.45) is 10.5. The van der Waals surface area contributed by atoms with E-state index < -0.39 is 0 Å². The molecule has 1 fully saturated rings. The molecule has 1 unspecified atom stereocenters. The Labute approximate surface area is 154 Å². The van der Waals surface area contributed by atoms with E-state index in [2.05, 4.69) is 25.9 Å². The van der Waals surface area contributed by atoms with Crippen LogP contribution in [0.2, 0.25) is 0 Å². The second-order valence-electron chi connectivity index (χ2n) is 6.73. The zero-order chi connectivity index (χ0) is 18.0. The Kier molecular flexibility index (Phi) is 7.10. The van der Waals surface area contributed by atoms with Crippen LogP contribution < -0.4 is 16.0 Å². The molecule has 0 radical (unpaired) electrons. The van der Waals surface area contributed by atoms with Crippen molar-refractivity contribution in [3.8, 4) is 0 Å². The first-order valence-corrected chi connectivity index (χ1v) is 9.33. The fourth-order valence-corrected chi connectivity index (χ4v) is 3.30. The predicted octanol–water partition coefficient (Wildman–Crippen LogP) is 1.81. The van der Waals surface area contributed by atoms with E-state index in [0.717, 1.165) is 43.1 Å². The van der Waals surface area contributed by atoms with Gasteiger partial charge in [0, 0.05) is 31.3 Å². The van der Waals surface area contributed by atoms with Gasteiger partial charge in [-0.3, -0.25) is 14.8 Å². The van der Waals surface area contributed by atoms with Crippen molar-refractivity contribution in [2.24, 2.45) is 5.92 Å². The van der Waals surface area contributed by atoms with Crippen LogP contribution in [0.5, 0.6) is 0 Å². The van der Waals surface area contributed by atoms with E-state index in [1.54, 1.807) is 24.8 Å². The van der Waals surface area contributed by atoms with Gasteiger partial charge >= 0.3 is 0 Å². The highest BCUT2D eigenvalue weighted by Crippen LogP contribution is 2.17. The normalized spacial score (nSPS) is 16.2. The highest BCUT2D eigenvalue weighted by Gasteiger charge is 2.21. The summed E-state index contributed by atoms with van der Waals surface area (Å²) in [5.74, 6) is 0.707. The number of rotatable bonds is 8. The van der Waals surface area contributed by atoms with Crippen molar-refractivity contribution in [2.75, 3.05) is 19.6 Å². The summed E-state index contributed by atoms with van der Waals surface area (Å²) in [7, 11) is 0. The Morgan fingerprint density at radius 1 is 1.15 bits per heavy atom. The van der Waals surface area contributed by atoms with Crippen LogP contribution in [-0.4, -0.2) is 35.5 Å². The first-order valence-electron chi connectivity index (χ1n) is 9.33. The number of amides is 1. The topological polar surface area (TPSA) is 78.9 Å². The molecule has 2 aromatic heterocycles. The van der Waals surface area contributed by atoms with Gasteiger partial charge in [-0.15, -0.1) is 0 Å². The summed E-state index contributed by atoms with van der Waals surface area (Å²) < 4.78 is 0. The molecule has 0 aromatic carbocycles. The lowest BCUT2D eigenvalue weighted by molar-refractivity contribution is -0.123. The minimum Gasteiger partial charge on any atom is -0.350 e. The molecule has 0 bridgehead atoms. The molecule has 2 aromatic rings. The van der Waals surface area contributed by atoms with Gasteiger partial charge in [-0.05, 0) is 74.1 Å². The number of hydrogen-bond acceptors (Lipinski definition) is 5. The lowest BCUT2D eigenvalue weighted by Gasteiger charge is -2.24. The molecule has 1 amide bonds. The van der Waals surface area contributed by atoms with Gasteiger partial charge in [-0.1, -0.05) is 6.07 Å². The fourth-order valence-electron chi connectivity index (χ4n) is 3.30. The third-order valence-corrected chi connectivity index (χ3v) is 4.86. The van der Waals surface area contributed by atoms with Crippen molar-refractivity contribution in [1.82, 2.24) is 25.9 Å². The van der Waals surface area contributed by atoms with E-state index in [-0.39, 0.29) is 11.9 Å². The van der Waals surface area contributed by atoms with E-state index in [4.69, 9.17) is 0 Å². The highest BCUT2D eigenvalue weighted by molar-refractivity contribution is 5.83. The van der Waals surface area contributed by atoms with E-state index in [0.29, 0.717) is 6.54 Å². The van der Waals surface area contributed by atoms with Crippen LogP contribution in [-0.2, 0) is 11.3 Å². The van der Waals surface area contributed by atoms with Crippen molar-refractivity contribution >= 4 is 5.91 Å². The van der Waals surface area contributed by atoms with E-state index in [9.17, 15) is 4.79 Å². The summed E-state index contributed by atoms with van der Waals surface area (Å²) >= 11 is 0. The molecule has 3 N–H and O–H groups in total. The second-order valence-corrected chi connectivity index (χ2v) is 6.73. The zero-order valence-electron chi connectivity index (χ0n) is 15.0. The molecule has 0 aliphatic carbocycles. The van der Waals surface area contributed by atoms with Gasteiger partial charge in [0.15, 0.2) is 0 Å². The molecular formula is C20H27N5O. The quantitative estimate of drug-likeness (QED) is 0.675. The number of carbonyl (C=O) groups is 1. The average Bonchev–Trinajstić information content (AvgIpc) is 2.72. The SMILES string of the molecule is O=C(NCc1ccncc1)C(NCCC1CCNCC1)c1cccnc1. The molecule has 138 valence electrons. The van der Waals surface area contributed by atoms with Crippen molar-refractivity contribution < 1.29 is 4.79 Å². The Morgan fingerprint density at radius 3 is 2.69 bits per heavy atom. The number of piperidine rings is 1. The Bertz CT molecular complexity index is 658. The molecule has 0 spiro atoms. The van der Waals surface area contributed by atoms with Gasteiger partial charge in [0.05, 0.1) is 0 Å². The lowest BCUT2D eigenvalue weighted by atomic mass is 9.94. The molecule has 1 saturated heterocycles. The minimum atomic E-state index is -0.382. The number of hydrogen-bond donors (Lipinski definition) is 3. The van der Waals surface area contributed by atoms with Crippen LogP contribution in [0.15, 0.2) is 49.1 Å². The molecule has 3 heterocycles. The summed E-state index contributed by atoms with van der Waals surface area (Å²) in [4.78, 5) is 20.9. The first-order chi connectivity index (χ1) is 12.8. The highest BCUT2D eigenvalue weighted by atomic mass is 16.2. The number of carbonyl (C=O) groups excluding carboxylic acids is 1. The predicted molar refractivity (Wildman–Crippen MR) is 101 cm³/mol. The Hall–Kier alpha value is -2.31. The van der Waals surface area contributed by atoms with Gasteiger partial charge in [-0.2, -0.15) is 0 Å². The number of nitrogens with one attached hydrogen (secondary N) is 3. The molecule has 0 saturated carbocycles. The van der Waals surface area contributed by atoms with Crippen LogP contribution >= 0.6 is 0 Å². The molecule has 6 heteroatoms. The van der Waals surface area contributed by atoms with Crippen molar-refractivity contribution in [1.29, 1.82) is 0 Å². The van der Waals surface area contributed by atoms with Gasteiger partial charge in [0.25, 0.3) is 0 Å². The molecule has 26 heavy (non-hydrogen) atoms. The number of aromatic nitrogens is 2. The number of nitrogens with zero attached hydrogens (tertiary/aromatic N) is 2. The second kappa shape index (κ2) is 9.99. The van der Waals surface area contributed by atoms with Crippen LogP contribution in [0.4, 0.5) is 0 Å². The summed E-state index contributed by atoms with van der Waals surface area (Å²) in [5.41, 5.74) is 1.93. The summed E-state index contributed by atoms with van der Waals surface area (Å²) in [5, 5.41) is 9.85. The summed E-state index contributed by atoms with van der Waals surface area (Å²) in [6.45, 7) is 3.52. The van der Waals surface area contributed by atoms with Gasteiger partial charge < -0.3 is 16.0 Å². The summed E-state index contributed by atoms with van der Waals surface area (Å²) in [6, 6.07) is 7.24. The largest absolute Gasteiger partial charge is 0.350 e. The molecule has 1 aliphatic heterocycles. The van der Waals surface area contributed by atoms with E-state index in [1.807, 2.05) is 24.3 Å². The molecule has 3 rings (SSSR count). The van der Waals surface area contributed by atoms with Crippen molar-refractivity contribution in [2.45, 2.75) is 31.8 Å². The third kappa shape index (κ3) is 5.61. The van der Waals surface area contributed by atoms with E-state index in [1.165, 1.54) is 12.8 Å². The Morgan fingerprint density at radius 2 is 1.96 bits per heavy atom. The zero-order valence-corrected chi connectivity index (χ0v) is 15.0. The van der Waals surface area contributed by atoms with Gasteiger partial charge in [-0.25, -0.2) is 0 Å². The van der Waals surface area contributed by atoms with Gasteiger partial charge in [0.2, 0.25) is 5.91 Å². The van der Waals surface area contributed by atoms with Crippen molar-refractivity contribution in [3.63, 3.8) is 0 Å². The first kappa shape index (κ1) is 18.5. The maximum absolute atomic E-state index is 12.8. The third-order valence-electron chi connectivity index (χ3n) is 4.86. The van der Waals surface area contributed by atoms with Crippen LogP contribution in [0, 0.1) is 5.92 Å². The fraction of sp³-hybridized carbons (Fsp3) is 0.450. The van der Waals surface area contributed by atoms with Crippen LogP contribution in [0.1, 0.15) is 36.4 Å². The minimum absolute atomic E-state index is 0.0277. The van der Waals surface area contributed by atoms with Crippen molar-refractivity contribution in [3.05, 3.63) is 60.2 Å². The monoisotopic (exact) mass is 353 g/mol. The maximum Gasteiger partial charge on any atom is 0.242 e.